The van der Waals surface area contributed by atoms with Gasteiger partial charge in [0.2, 0.25) is 0 Å². The van der Waals surface area contributed by atoms with Gasteiger partial charge in [0.1, 0.15) is 5.82 Å². The molecule has 0 saturated carbocycles. The number of urea groups is 1. The lowest BCUT2D eigenvalue weighted by Gasteiger charge is -2.20. The maximum Gasteiger partial charge on any atom is 0.325 e. The number of halogens is 1. The van der Waals surface area contributed by atoms with Gasteiger partial charge < -0.3 is 10.2 Å². The first-order chi connectivity index (χ1) is 10.1. The maximum atomic E-state index is 12.8. The van der Waals surface area contributed by atoms with E-state index in [0.717, 1.165) is 25.2 Å². The minimum atomic E-state index is -0.374. The third kappa shape index (κ3) is 3.37. The Labute approximate surface area is 125 Å². The molecule has 2 N–H and O–H groups in total. The van der Waals surface area contributed by atoms with Crippen molar-refractivity contribution in [3.05, 3.63) is 40.7 Å². The summed E-state index contributed by atoms with van der Waals surface area (Å²) in [6.45, 7) is 1.85. The lowest BCUT2D eigenvalue weighted by atomic mass is 10.2. The van der Waals surface area contributed by atoms with Crippen LogP contribution in [0.3, 0.4) is 0 Å². The Balaban J connectivity index is 1.64. The lowest BCUT2D eigenvalue weighted by molar-refractivity contribution is 0.262. The van der Waals surface area contributed by atoms with Crippen LogP contribution in [0.5, 0.6) is 0 Å². The van der Waals surface area contributed by atoms with Crippen molar-refractivity contribution in [1.29, 1.82) is 0 Å². The molecule has 0 spiro atoms. The number of hydrogen-bond acceptors (Lipinski definition) is 4. The second-order valence-electron chi connectivity index (χ2n) is 4.96. The number of nitrogens with one attached hydrogen (secondary N) is 2. The number of thiazole rings is 1. The molecule has 2 aromatic rings. The molecule has 110 valence electrons. The highest BCUT2D eigenvalue weighted by Crippen LogP contribution is 2.27. The Kier molecular flexibility index (Phi) is 3.85. The van der Waals surface area contributed by atoms with Gasteiger partial charge in [0, 0.05) is 30.1 Å². The van der Waals surface area contributed by atoms with Crippen molar-refractivity contribution in [2.75, 3.05) is 24.2 Å². The zero-order valence-electron chi connectivity index (χ0n) is 11.5. The second kappa shape index (κ2) is 5.79. The van der Waals surface area contributed by atoms with Gasteiger partial charge in [-0.25, -0.2) is 14.2 Å². The normalized spacial score (nSPS) is 14.6. The lowest BCUT2D eigenvalue weighted by Crippen LogP contribution is -2.25. The van der Waals surface area contributed by atoms with E-state index in [1.54, 1.807) is 0 Å². The number of anilines is 2. The van der Waals surface area contributed by atoms with Gasteiger partial charge in [-0.2, -0.15) is 0 Å². The molecule has 1 aromatic carbocycles. The Bertz CT molecular complexity index is 655. The van der Waals surface area contributed by atoms with Gasteiger partial charge >= 0.3 is 6.03 Å². The summed E-state index contributed by atoms with van der Waals surface area (Å²) >= 11 is 1.50. The molecular weight excluding hydrogens is 291 g/mol. The van der Waals surface area contributed by atoms with Crippen LogP contribution in [-0.2, 0) is 13.0 Å². The maximum absolute atomic E-state index is 12.8. The van der Waals surface area contributed by atoms with Crippen LogP contribution in [0.15, 0.2) is 24.3 Å². The van der Waals surface area contributed by atoms with E-state index >= 15 is 0 Å². The third-order valence-electron chi connectivity index (χ3n) is 3.24. The standard InChI is InChI=1S/C14H15FN4OS/c1-19-7-6-11-12(8-19)21-14(17-11)18-13(20)16-10-4-2-9(15)3-5-10/h2-5H,6-8H2,1H3,(H2,16,17,18,20). The van der Waals surface area contributed by atoms with Crippen LogP contribution < -0.4 is 10.6 Å². The molecule has 0 unspecified atom stereocenters. The van der Waals surface area contributed by atoms with E-state index in [4.69, 9.17) is 0 Å². The molecular formula is C14H15FN4OS. The van der Waals surface area contributed by atoms with Crippen molar-refractivity contribution in [1.82, 2.24) is 9.88 Å². The third-order valence-corrected chi connectivity index (χ3v) is 4.24. The number of hydrogen-bond donors (Lipinski definition) is 2. The van der Waals surface area contributed by atoms with Crippen molar-refractivity contribution in [3.63, 3.8) is 0 Å². The van der Waals surface area contributed by atoms with E-state index in [0.29, 0.717) is 10.8 Å². The number of likely N-dealkylation sites (N-methyl/N-ethyl adjacent to an activating group) is 1. The van der Waals surface area contributed by atoms with Crippen LogP contribution in [0.25, 0.3) is 0 Å². The van der Waals surface area contributed by atoms with Crippen LogP contribution in [0, 0.1) is 5.82 Å². The van der Waals surface area contributed by atoms with E-state index in [-0.39, 0.29) is 11.8 Å². The molecule has 1 aliphatic heterocycles. The first-order valence-corrected chi connectivity index (χ1v) is 7.42. The zero-order valence-corrected chi connectivity index (χ0v) is 12.3. The van der Waals surface area contributed by atoms with Crippen LogP contribution in [0.2, 0.25) is 0 Å². The monoisotopic (exact) mass is 306 g/mol. The van der Waals surface area contributed by atoms with Gasteiger partial charge in [-0.3, -0.25) is 5.32 Å². The molecule has 3 rings (SSSR count). The summed E-state index contributed by atoms with van der Waals surface area (Å²) in [4.78, 5) is 19.7. The first kappa shape index (κ1) is 14.0. The quantitative estimate of drug-likeness (QED) is 0.897. The van der Waals surface area contributed by atoms with Crippen molar-refractivity contribution in [3.8, 4) is 0 Å². The molecule has 0 fully saturated rings. The molecule has 7 heteroatoms. The fourth-order valence-corrected chi connectivity index (χ4v) is 3.25. The smallest absolute Gasteiger partial charge is 0.308 e. The summed E-state index contributed by atoms with van der Waals surface area (Å²) in [6, 6.07) is 5.25. The van der Waals surface area contributed by atoms with Gasteiger partial charge in [-0.05, 0) is 31.3 Å². The molecule has 1 aromatic heterocycles. The Morgan fingerprint density at radius 1 is 1.33 bits per heavy atom. The number of benzene rings is 1. The molecule has 0 aliphatic carbocycles. The summed E-state index contributed by atoms with van der Waals surface area (Å²) in [7, 11) is 2.07. The first-order valence-electron chi connectivity index (χ1n) is 6.61. The predicted octanol–water partition coefficient (Wildman–Crippen LogP) is 2.91. The Morgan fingerprint density at radius 2 is 2.10 bits per heavy atom. The molecule has 5 nitrogen and oxygen atoms in total. The molecule has 0 saturated heterocycles. The zero-order chi connectivity index (χ0) is 14.8. The predicted molar refractivity (Wildman–Crippen MR) is 81.2 cm³/mol. The van der Waals surface area contributed by atoms with E-state index < -0.39 is 0 Å². The summed E-state index contributed by atoms with van der Waals surface area (Å²) in [5.74, 6) is -0.335. The van der Waals surface area contributed by atoms with E-state index in [9.17, 15) is 9.18 Å². The summed E-state index contributed by atoms with van der Waals surface area (Å²) in [5.41, 5.74) is 1.60. The van der Waals surface area contributed by atoms with Crippen molar-refractivity contribution < 1.29 is 9.18 Å². The molecule has 2 amide bonds. The molecule has 0 atom stereocenters. The molecule has 1 aliphatic rings. The van der Waals surface area contributed by atoms with Crippen molar-refractivity contribution in [2.45, 2.75) is 13.0 Å². The highest BCUT2D eigenvalue weighted by atomic mass is 32.1. The SMILES string of the molecule is CN1CCc2nc(NC(=O)Nc3ccc(F)cc3)sc2C1. The average molecular weight is 306 g/mol. The van der Waals surface area contributed by atoms with Gasteiger partial charge in [-0.1, -0.05) is 0 Å². The van der Waals surface area contributed by atoms with Crippen molar-refractivity contribution >= 4 is 28.2 Å². The van der Waals surface area contributed by atoms with Gasteiger partial charge in [0.05, 0.1) is 5.69 Å². The molecule has 2 heterocycles. The van der Waals surface area contributed by atoms with Crippen LogP contribution in [-0.4, -0.2) is 29.5 Å². The summed E-state index contributed by atoms with van der Waals surface area (Å²) in [6.07, 6.45) is 0.906. The number of aromatic nitrogens is 1. The molecule has 0 radical (unpaired) electrons. The number of carbonyl (C=O) groups excluding carboxylic acids is 1. The van der Waals surface area contributed by atoms with Crippen LogP contribution in [0.1, 0.15) is 10.6 Å². The van der Waals surface area contributed by atoms with E-state index in [1.807, 2.05) is 0 Å². The second-order valence-corrected chi connectivity index (χ2v) is 6.05. The Morgan fingerprint density at radius 3 is 2.86 bits per heavy atom. The number of fused-ring (bicyclic) bond motifs is 1. The van der Waals surface area contributed by atoms with Gasteiger partial charge in [0.25, 0.3) is 0 Å². The number of nitrogens with zero attached hydrogens (tertiary/aromatic N) is 2. The summed E-state index contributed by atoms with van der Waals surface area (Å²) in [5, 5.41) is 5.96. The van der Waals surface area contributed by atoms with E-state index in [1.165, 1.54) is 40.5 Å². The summed E-state index contributed by atoms with van der Waals surface area (Å²) < 4.78 is 12.8. The average Bonchev–Trinajstić information content (AvgIpc) is 2.82. The number of rotatable bonds is 2. The van der Waals surface area contributed by atoms with Gasteiger partial charge in [-0.15, -0.1) is 11.3 Å². The van der Waals surface area contributed by atoms with Crippen molar-refractivity contribution in [2.24, 2.45) is 0 Å². The minimum Gasteiger partial charge on any atom is -0.308 e. The highest BCUT2D eigenvalue weighted by molar-refractivity contribution is 7.15. The minimum absolute atomic E-state index is 0.335. The number of carbonyl (C=O) groups is 1. The topological polar surface area (TPSA) is 57.3 Å². The molecule has 0 bridgehead atoms. The van der Waals surface area contributed by atoms with Gasteiger partial charge in [0.15, 0.2) is 5.13 Å². The fraction of sp³-hybridized carbons (Fsp3) is 0.286. The Hall–Kier alpha value is -1.99. The van der Waals surface area contributed by atoms with Crippen LogP contribution in [0.4, 0.5) is 20.0 Å². The van der Waals surface area contributed by atoms with E-state index in [2.05, 4.69) is 27.6 Å². The molecule has 21 heavy (non-hydrogen) atoms. The van der Waals surface area contributed by atoms with Crippen LogP contribution >= 0.6 is 11.3 Å². The number of amides is 2. The highest BCUT2D eigenvalue weighted by Gasteiger charge is 2.19. The fourth-order valence-electron chi connectivity index (χ4n) is 2.17. The largest absolute Gasteiger partial charge is 0.325 e.